The van der Waals surface area contributed by atoms with Crippen molar-refractivity contribution in [3.05, 3.63) is 58.7 Å². The van der Waals surface area contributed by atoms with Crippen LogP contribution in [0.1, 0.15) is 65.6 Å². The van der Waals surface area contributed by atoms with Crippen LogP contribution in [0.4, 0.5) is 0 Å². The van der Waals surface area contributed by atoms with Crippen molar-refractivity contribution >= 4 is 11.5 Å². The van der Waals surface area contributed by atoms with Crippen molar-refractivity contribution < 1.29 is 14.3 Å². The van der Waals surface area contributed by atoms with Gasteiger partial charge in [-0.25, -0.2) is 0 Å². The fourth-order valence-electron chi connectivity index (χ4n) is 4.36. The Labute approximate surface area is 160 Å². The van der Waals surface area contributed by atoms with Crippen LogP contribution in [0.25, 0.3) is 0 Å². The van der Waals surface area contributed by atoms with Gasteiger partial charge in [-0.2, -0.15) is 0 Å². The standard InChI is InChI=1S/C23H25NO3/c1-14(25)15-8-10-16(11-9-15)23-19-13-22(27-3)21(26-2)12-18(19)17-6-4-5-7-20(17)24-23/h8-13,17,20H,4-7H2,1-3H3/t17-,20-/m0/s1. The van der Waals surface area contributed by atoms with Crippen LogP contribution in [-0.2, 0) is 0 Å². The lowest BCUT2D eigenvalue weighted by molar-refractivity contribution is 0.101. The first-order valence-corrected chi connectivity index (χ1v) is 9.58. The highest BCUT2D eigenvalue weighted by Crippen LogP contribution is 2.44. The molecule has 0 aromatic heterocycles. The Kier molecular flexibility index (Phi) is 4.73. The van der Waals surface area contributed by atoms with E-state index in [1.165, 1.54) is 18.4 Å². The van der Waals surface area contributed by atoms with Gasteiger partial charge >= 0.3 is 0 Å². The van der Waals surface area contributed by atoms with E-state index in [0.717, 1.165) is 46.7 Å². The first kappa shape index (κ1) is 17.8. The topological polar surface area (TPSA) is 47.9 Å². The van der Waals surface area contributed by atoms with Gasteiger partial charge in [-0.05, 0) is 37.5 Å². The maximum atomic E-state index is 11.6. The van der Waals surface area contributed by atoms with Gasteiger partial charge in [0.2, 0.25) is 0 Å². The van der Waals surface area contributed by atoms with Gasteiger partial charge in [0.25, 0.3) is 0 Å². The Morgan fingerprint density at radius 3 is 2.33 bits per heavy atom. The number of carbonyl (C=O) groups is 1. The fourth-order valence-corrected chi connectivity index (χ4v) is 4.36. The van der Waals surface area contributed by atoms with Gasteiger partial charge in [-0.1, -0.05) is 37.1 Å². The Morgan fingerprint density at radius 1 is 1.00 bits per heavy atom. The Bertz CT molecular complexity index is 899. The monoisotopic (exact) mass is 363 g/mol. The molecule has 2 atom stereocenters. The van der Waals surface area contributed by atoms with Crippen LogP contribution in [0, 0.1) is 0 Å². The molecule has 140 valence electrons. The van der Waals surface area contributed by atoms with Crippen molar-refractivity contribution in [3.8, 4) is 11.5 Å². The van der Waals surface area contributed by atoms with Gasteiger partial charge in [0, 0.05) is 22.6 Å². The summed E-state index contributed by atoms with van der Waals surface area (Å²) in [5, 5.41) is 0. The summed E-state index contributed by atoms with van der Waals surface area (Å²) in [6.07, 6.45) is 4.75. The average Bonchev–Trinajstić information content (AvgIpc) is 2.72. The third-order valence-corrected chi connectivity index (χ3v) is 5.80. The summed E-state index contributed by atoms with van der Waals surface area (Å²) in [6, 6.07) is 12.3. The second-order valence-electron chi connectivity index (χ2n) is 7.36. The molecule has 1 heterocycles. The minimum absolute atomic E-state index is 0.0753. The van der Waals surface area contributed by atoms with Crippen molar-refractivity contribution in [3.63, 3.8) is 0 Å². The highest BCUT2D eigenvalue weighted by molar-refractivity contribution is 6.15. The molecule has 1 aliphatic heterocycles. The maximum Gasteiger partial charge on any atom is 0.161 e. The largest absolute Gasteiger partial charge is 0.493 e. The first-order valence-electron chi connectivity index (χ1n) is 9.58. The van der Waals surface area contributed by atoms with Crippen LogP contribution >= 0.6 is 0 Å². The van der Waals surface area contributed by atoms with E-state index in [1.807, 2.05) is 24.3 Å². The summed E-state index contributed by atoms with van der Waals surface area (Å²) < 4.78 is 11.1. The van der Waals surface area contributed by atoms with Crippen molar-refractivity contribution in [1.29, 1.82) is 0 Å². The summed E-state index contributed by atoms with van der Waals surface area (Å²) in [5.41, 5.74) is 5.17. The molecule has 2 aliphatic rings. The summed E-state index contributed by atoms with van der Waals surface area (Å²) in [6.45, 7) is 1.59. The molecular formula is C23H25NO3. The lowest BCUT2D eigenvalue weighted by atomic mass is 9.75. The molecule has 0 bridgehead atoms. The van der Waals surface area contributed by atoms with Crippen LogP contribution in [-0.4, -0.2) is 31.8 Å². The molecule has 0 unspecified atom stereocenters. The van der Waals surface area contributed by atoms with E-state index in [-0.39, 0.29) is 5.78 Å². The number of carbonyl (C=O) groups excluding carboxylic acids is 1. The predicted octanol–water partition coefficient (Wildman–Crippen LogP) is 4.78. The van der Waals surface area contributed by atoms with E-state index in [9.17, 15) is 4.79 Å². The molecule has 0 N–H and O–H groups in total. The first-order chi connectivity index (χ1) is 13.1. The number of ketones is 1. The van der Waals surface area contributed by atoms with E-state index in [2.05, 4.69) is 12.1 Å². The third-order valence-electron chi connectivity index (χ3n) is 5.80. The van der Waals surface area contributed by atoms with Crippen LogP contribution < -0.4 is 9.47 Å². The number of nitrogens with zero attached hydrogens (tertiary/aromatic N) is 1. The quantitative estimate of drug-likeness (QED) is 0.734. The summed E-state index contributed by atoms with van der Waals surface area (Å²) in [5.74, 6) is 2.01. The van der Waals surface area contributed by atoms with Gasteiger partial charge in [-0.3, -0.25) is 9.79 Å². The van der Waals surface area contributed by atoms with Crippen LogP contribution in [0.3, 0.4) is 0 Å². The molecule has 1 fully saturated rings. The molecule has 0 radical (unpaired) electrons. The summed E-state index contributed by atoms with van der Waals surface area (Å²) >= 11 is 0. The van der Waals surface area contributed by atoms with Crippen LogP contribution in [0.5, 0.6) is 11.5 Å². The Hall–Kier alpha value is -2.62. The summed E-state index contributed by atoms with van der Waals surface area (Å²) in [7, 11) is 3.34. The zero-order valence-electron chi connectivity index (χ0n) is 16.1. The Morgan fingerprint density at radius 2 is 1.67 bits per heavy atom. The Balaban J connectivity index is 1.86. The lowest BCUT2D eigenvalue weighted by Crippen LogP contribution is -2.29. The molecule has 0 saturated heterocycles. The second kappa shape index (κ2) is 7.18. The number of methoxy groups -OCH3 is 2. The predicted molar refractivity (Wildman–Crippen MR) is 107 cm³/mol. The number of hydrogen-bond donors (Lipinski definition) is 0. The molecule has 4 rings (SSSR count). The lowest BCUT2D eigenvalue weighted by Gasteiger charge is -2.35. The zero-order chi connectivity index (χ0) is 19.0. The van der Waals surface area contributed by atoms with Crippen molar-refractivity contribution in [2.75, 3.05) is 14.2 Å². The number of rotatable bonds is 4. The molecule has 1 saturated carbocycles. The number of fused-ring (bicyclic) bond motifs is 3. The maximum absolute atomic E-state index is 11.6. The van der Waals surface area contributed by atoms with E-state index < -0.39 is 0 Å². The van der Waals surface area contributed by atoms with E-state index in [1.54, 1.807) is 21.1 Å². The number of benzene rings is 2. The molecule has 1 aliphatic carbocycles. The minimum Gasteiger partial charge on any atom is -0.493 e. The van der Waals surface area contributed by atoms with Crippen molar-refractivity contribution in [2.45, 2.75) is 44.6 Å². The SMILES string of the molecule is COc1cc2c(cc1OC)[C@@H]1CCCC[C@@H]1N=C2c1ccc(C(C)=O)cc1. The van der Waals surface area contributed by atoms with E-state index >= 15 is 0 Å². The summed E-state index contributed by atoms with van der Waals surface area (Å²) in [4.78, 5) is 16.8. The highest BCUT2D eigenvalue weighted by atomic mass is 16.5. The smallest absolute Gasteiger partial charge is 0.161 e. The molecule has 2 aromatic rings. The second-order valence-corrected chi connectivity index (χ2v) is 7.36. The van der Waals surface area contributed by atoms with E-state index in [0.29, 0.717) is 12.0 Å². The van der Waals surface area contributed by atoms with Gasteiger partial charge in [-0.15, -0.1) is 0 Å². The van der Waals surface area contributed by atoms with Gasteiger partial charge in [0.05, 0.1) is 26.0 Å². The van der Waals surface area contributed by atoms with Crippen LogP contribution in [0.2, 0.25) is 0 Å². The molecule has 27 heavy (non-hydrogen) atoms. The fraction of sp³-hybridized carbons (Fsp3) is 0.391. The van der Waals surface area contributed by atoms with Crippen LogP contribution in [0.15, 0.2) is 41.4 Å². The normalized spacial score (nSPS) is 20.9. The zero-order valence-corrected chi connectivity index (χ0v) is 16.1. The number of aliphatic imine (C=N–C) groups is 1. The molecule has 4 heteroatoms. The minimum atomic E-state index is 0.0753. The number of ether oxygens (including phenoxy) is 2. The number of hydrogen-bond acceptors (Lipinski definition) is 4. The van der Waals surface area contributed by atoms with Crippen molar-refractivity contribution in [1.82, 2.24) is 0 Å². The van der Waals surface area contributed by atoms with Gasteiger partial charge < -0.3 is 9.47 Å². The number of Topliss-reactive ketones (excluding diaryl/α,β-unsaturated/α-hetero) is 1. The van der Waals surface area contributed by atoms with Crippen molar-refractivity contribution in [2.24, 2.45) is 4.99 Å². The highest BCUT2D eigenvalue weighted by Gasteiger charge is 2.34. The molecule has 0 spiro atoms. The van der Waals surface area contributed by atoms with Gasteiger partial charge in [0.15, 0.2) is 17.3 Å². The third kappa shape index (κ3) is 3.14. The van der Waals surface area contributed by atoms with E-state index in [4.69, 9.17) is 14.5 Å². The van der Waals surface area contributed by atoms with Gasteiger partial charge in [0.1, 0.15) is 0 Å². The molecule has 4 nitrogen and oxygen atoms in total. The molecule has 0 amide bonds. The average molecular weight is 363 g/mol. The molecule has 2 aromatic carbocycles. The molecular weight excluding hydrogens is 338 g/mol.